The Morgan fingerprint density at radius 1 is 1.27 bits per heavy atom. The highest BCUT2D eigenvalue weighted by Crippen LogP contribution is 2.21. The van der Waals surface area contributed by atoms with Gasteiger partial charge in [0.1, 0.15) is 5.60 Å². The molecule has 0 spiro atoms. The zero-order valence-electron chi connectivity index (χ0n) is 7.41. The molecule has 11 heavy (non-hydrogen) atoms. The van der Waals surface area contributed by atoms with Crippen LogP contribution >= 0.6 is 0 Å². The number of hydrogen-bond acceptors (Lipinski definition) is 3. The maximum atomic E-state index is 9.67. The largest absolute Gasteiger partial charge is 0.390 e. The van der Waals surface area contributed by atoms with E-state index in [2.05, 4.69) is 0 Å². The fourth-order valence-electron chi connectivity index (χ4n) is 1.16. The van der Waals surface area contributed by atoms with Crippen LogP contribution in [0.5, 0.6) is 0 Å². The second-order valence-corrected chi connectivity index (χ2v) is 2.94. The summed E-state index contributed by atoms with van der Waals surface area (Å²) in [6, 6.07) is 0. The van der Waals surface area contributed by atoms with Crippen molar-refractivity contribution in [2.75, 3.05) is 0 Å². The number of aliphatic hydroxyl groups excluding tert-OH is 2. The monoisotopic (exact) mass is 162 g/mol. The van der Waals surface area contributed by atoms with Crippen LogP contribution in [-0.4, -0.2) is 33.1 Å². The van der Waals surface area contributed by atoms with Gasteiger partial charge in [0, 0.05) is 0 Å². The van der Waals surface area contributed by atoms with E-state index in [-0.39, 0.29) is 0 Å². The smallest absolute Gasteiger partial charge is 0.116 e. The van der Waals surface area contributed by atoms with Crippen molar-refractivity contribution in [1.82, 2.24) is 0 Å². The normalized spacial score (nSPS) is 22.4. The highest BCUT2D eigenvalue weighted by molar-refractivity contribution is 4.89. The predicted octanol–water partition coefficient (Wildman–Crippen LogP) is 0.279. The fourth-order valence-corrected chi connectivity index (χ4v) is 1.16. The highest BCUT2D eigenvalue weighted by Gasteiger charge is 2.37. The molecule has 0 aromatic carbocycles. The Balaban J connectivity index is 4.32. The van der Waals surface area contributed by atoms with Gasteiger partial charge in [0.25, 0.3) is 0 Å². The highest BCUT2D eigenvalue weighted by atomic mass is 16.4. The van der Waals surface area contributed by atoms with Gasteiger partial charge in [-0.2, -0.15) is 0 Å². The third-order valence-electron chi connectivity index (χ3n) is 2.25. The van der Waals surface area contributed by atoms with Gasteiger partial charge in [0.2, 0.25) is 0 Å². The second kappa shape index (κ2) is 4.04. The molecule has 0 saturated heterocycles. The average Bonchev–Trinajstić information content (AvgIpc) is 2.01. The maximum absolute atomic E-state index is 9.67. The van der Waals surface area contributed by atoms with E-state index in [4.69, 9.17) is 5.11 Å². The molecule has 0 aliphatic rings. The van der Waals surface area contributed by atoms with Crippen LogP contribution < -0.4 is 0 Å². The standard InChI is InChI=1S/C8H18O3/c1-4-7(10)8(11,5-2)6(3)9/h6-7,9-11H,4-5H2,1-3H3. The molecule has 3 atom stereocenters. The number of hydrogen-bond donors (Lipinski definition) is 3. The number of rotatable bonds is 4. The van der Waals surface area contributed by atoms with Crippen molar-refractivity contribution in [2.45, 2.75) is 51.4 Å². The zero-order valence-corrected chi connectivity index (χ0v) is 7.41. The first kappa shape index (κ1) is 10.9. The van der Waals surface area contributed by atoms with E-state index in [1.165, 1.54) is 6.92 Å². The van der Waals surface area contributed by atoms with Crippen LogP contribution in [0.25, 0.3) is 0 Å². The number of aliphatic hydroxyl groups is 3. The van der Waals surface area contributed by atoms with Gasteiger partial charge in [0.05, 0.1) is 12.2 Å². The van der Waals surface area contributed by atoms with Crippen molar-refractivity contribution >= 4 is 0 Å². The van der Waals surface area contributed by atoms with E-state index in [1.807, 2.05) is 0 Å². The Kier molecular flexibility index (Phi) is 4.00. The molecule has 0 aliphatic heterocycles. The Labute approximate surface area is 67.7 Å². The molecule has 0 amide bonds. The SMILES string of the molecule is CCC(O)C(O)(CC)C(C)O. The summed E-state index contributed by atoms with van der Waals surface area (Å²) < 4.78 is 0. The van der Waals surface area contributed by atoms with Crippen molar-refractivity contribution in [2.24, 2.45) is 0 Å². The maximum Gasteiger partial charge on any atom is 0.116 e. The molecule has 68 valence electrons. The molecular weight excluding hydrogens is 144 g/mol. The van der Waals surface area contributed by atoms with Crippen LogP contribution in [0.2, 0.25) is 0 Å². The van der Waals surface area contributed by atoms with Crippen molar-refractivity contribution in [3.63, 3.8) is 0 Å². The lowest BCUT2D eigenvalue weighted by Gasteiger charge is -2.34. The van der Waals surface area contributed by atoms with Crippen molar-refractivity contribution in [3.8, 4) is 0 Å². The molecule has 3 N–H and O–H groups in total. The van der Waals surface area contributed by atoms with Gasteiger partial charge in [-0.3, -0.25) is 0 Å². The van der Waals surface area contributed by atoms with Gasteiger partial charge in [-0.15, -0.1) is 0 Å². The van der Waals surface area contributed by atoms with Gasteiger partial charge < -0.3 is 15.3 Å². The summed E-state index contributed by atoms with van der Waals surface area (Å²) in [4.78, 5) is 0. The lowest BCUT2D eigenvalue weighted by Crippen LogP contribution is -2.50. The lowest BCUT2D eigenvalue weighted by atomic mass is 9.87. The van der Waals surface area contributed by atoms with Crippen LogP contribution in [0.3, 0.4) is 0 Å². The van der Waals surface area contributed by atoms with Crippen LogP contribution in [0, 0.1) is 0 Å². The summed E-state index contributed by atoms with van der Waals surface area (Å²) in [6.45, 7) is 5.00. The van der Waals surface area contributed by atoms with Crippen LogP contribution in [0.4, 0.5) is 0 Å². The summed E-state index contributed by atoms with van der Waals surface area (Å²) in [5.74, 6) is 0. The predicted molar refractivity (Wildman–Crippen MR) is 43.2 cm³/mol. The van der Waals surface area contributed by atoms with E-state index in [1.54, 1.807) is 13.8 Å². The first-order valence-corrected chi connectivity index (χ1v) is 4.07. The minimum Gasteiger partial charge on any atom is -0.390 e. The molecule has 0 bridgehead atoms. The molecule has 3 heteroatoms. The molecule has 0 fully saturated rings. The quantitative estimate of drug-likeness (QED) is 0.556. The fraction of sp³-hybridized carbons (Fsp3) is 1.00. The molecule has 3 nitrogen and oxygen atoms in total. The zero-order chi connectivity index (χ0) is 9.07. The van der Waals surface area contributed by atoms with E-state index < -0.39 is 17.8 Å². The minimum absolute atomic E-state index is 0.361. The molecule has 0 rings (SSSR count). The third kappa shape index (κ3) is 2.15. The summed E-state index contributed by atoms with van der Waals surface area (Å²) in [6.07, 6.45) is -0.913. The van der Waals surface area contributed by atoms with Gasteiger partial charge >= 0.3 is 0 Å². The first-order valence-electron chi connectivity index (χ1n) is 4.07. The van der Waals surface area contributed by atoms with E-state index in [0.717, 1.165) is 0 Å². The molecule has 0 aromatic heterocycles. The molecule has 0 heterocycles. The van der Waals surface area contributed by atoms with Crippen LogP contribution in [-0.2, 0) is 0 Å². The van der Waals surface area contributed by atoms with E-state index >= 15 is 0 Å². The van der Waals surface area contributed by atoms with Crippen LogP contribution in [0.15, 0.2) is 0 Å². The molecule has 0 saturated carbocycles. The Morgan fingerprint density at radius 2 is 1.73 bits per heavy atom. The average molecular weight is 162 g/mol. The first-order chi connectivity index (χ1) is 4.99. The van der Waals surface area contributed by atoms with Crippen molar-refractivity contribution in [3.05, 3.63) is 0 Å². The van der Waals surface area contributed by atoms with Gasteiger partial charge in [-0.05, 0) is 19.8 Å². The van der Waals surface area contributed by atoms with Crippen molar-refractivity contribution in [1.29, 1.82) is 0 Å². The molecule has 0 aliphatic carbocycles. The molecule has 3 unspecified atom stereocenters. The second-order valence-electron chi connectivity index (χ2n) is 2.94. The van der Waals surface area contributed by atoms with E-state index in [9.17, 15) is 10.2 Å². The van der Waals surface area contributed by atoms with Gasteiger partial charge in [-0.1, -0.05) is 13.8 Å². The summed E-state index contributed by atoms with van der Waals surface area (Å²) in [5, 5.41) is 28.2. The Morgan fingerprint density at radius 3 is 1.82 bits per heavy atom. The van der Waals surface area contributed by atoms with E-state index in [0.29, 0.717) is 12.8 Å². The lowest BCUT2D eigenvalue weighted by molar-refractivity contribution is -0.142. The Bertz CT molecular complexity index is 114. The van der Waals surface area contributed by atoms with Gasteiger partial charge in [-0.25, -0.2) is 0 Å². The molecular formula is C8H18O3. The van der Waals surface area contributed by atoms with Crippen molar-refractivity contribution < 1.29 is 15.3 Å². The summed E-state index contributed by atoms with van der Waals surface area (Å²) in [7, 11) is 0. The molecule has 0 aromatic rings. The van der Waals surface area contributed by atoms with Gasteiger partial charge in [0.15, 0.2) is 0 Å². The summed E-state index contributed by atoms with van der Waals surface area (Å²) in [5.41, 5.74) is -1.34. The topological polar surface area (TPSA) is 60.7 Å². The minimum atomic E-state index is -1.34. The van der Waals surface area contributed by atoms with Crippen LogP contribution in [0.1, 0.15) is 33.6 Å². The summed E-state index contributed by atoms with van der Waals surface area (Å²) >= 11 is 0. The Hall–Kier alpha value is -0.120. The third-order valence-corrected chi connectivity index (χ3v) is 2.25. The molecule has 0 radical (unpaired) electrons.